The lowest BCUT2D eigenvalue weighted by Gasteiger charge is -2.11. The third-order valence-corrected chi connectivity index (χ3v) is 2.39. The van der Waals surface area contributed by atoms with Crippen molar-refractivity contribution in [1.82, 2.24) is 5.32 Å². The van der Waals surface area contributed by atoms with Crippen LogP contribution in [-0.4, -0.2) is 18.9 Å². The molecule has 0 saturated heterocycles. The monoisotopic (exact) mass is 250 g/mol. The lowest BCUT2D eigenvalue weighted by Crippen LogP contribution is -2.21. The van der Waals surface area contributed by atoms with Crippen LogP contribution in [0.1, 0.15) is 25.8 Å². The molecular formula is C13H18N2O3. The minimum Gasteiger partial charge on any atom is -0.495 e. The van der Waals surface area contributed by atoms with E-state index in [1.807, 2.05) is 6.07 Å². The van der Waals surface area contributed by atoms with Crippen molar-refractivity contribution in [3.63, 3.8) is 0 Å². The van der Waals surface area contributed by atoms with Crippen LogP contribution in [0.15, 0.2) is 18.2 Å². The molecule has 0 unspecified atom stereocenters. The molecule has 0 fully saturated rings. The highest BCUT2D eigenvalue weighted by Crippen LogP contribution is 2.25. The SMILES string of the molecule is CCC(=O)NCc1ccc(OC)c(NC(C)=O)c1. The van der Waals surface area contributed by atoms with Crippen LogP contribution < -0.4 is 15.4 Å². The molecule has 0 bridgehead atoms. The quantitative estimate of drug-likeness (QED) is 0.835. The summed E-state index contributed by atoms with van der Waals surface area (Å²) in [6, 6.07) is 5.40. The number of hydrogen-bond donors (Lipinski definition) is 2. The van der Waals surface area contributed by atoms with E-state index in [0.29, 0.717) is 24.4 Å². The van der Waals surface area contributed by atoms with Crippen LogP contribution >= 0.6 is 0 Å². The minimum absolute atomic E-state index is 0.00750. The van der Waals surface area contributed by atoms with E-state index in [2.05, 4.69) is 10.6 Å². The zero-order chi connectivity index (χ0) is 13.5. The van der Waals surface area contributed by atoms with Gasteiger partial charge < -0.3 is 15.4 Å². The maximum Gasteiger partial charge on any atom is 0.221 e. The lowest BCUT2D eigenvalue weighted by atomic mass is 10.1. The van der Waals surface area contributed by atoms with Crippen molar-refractivity contribution in [2.45, 2.75) is 26.8 Å². The first kappa shape index (κ1) is 14.0. The summed E-state index contributed by atoms with van der Waals surface area (Å²) in [5.41, 5.74) is 1.51. The van der Waals surface area contributed by atoms with Gasteiger partial charge in [0.25, 0.3) is 0 Å². The van der Waals surface area contributed by atoms with Gasteiger partial charge in [0.15, 0.2) is 0 Å². The van der Waals surface area contributed by atoms with Gasteiger partial charge in [0.2, 0.25) is 11.8 Å². The molecule has 0 spiro atoms. The normalized spacial score (nSPS) is 9.72. The molecule has 0 saturated carbocycles. The average Bonchev–Trinajstić information content (AvgIpc) is 2.35. The van der Waals surface area contributed by atoms with Crippen LogP contribution in [-0.2, 0) is 16.1 Å². The molecule has 0 heterocycles. The zero-order valence-electron chi connectivity index (χ0n) is 10.9. The van der Waals surface area contributed by atoms with Gasteiger partial charge in [-0.15, -0.1) is 0 Å². The first-order chi connectivity index (χ1) is 8.56. The second-order valence-corrected chi connectivity index (χ2v) is 3.85. The standard InChI is InChI=1S/C13H18N2O3/c1-4-13(17)14-8-10-5-6-12(18-3)11(7-10)15-9(2)16/h5-7H,4,8H2,1-3H3,(H,14,17)(H,15,16). The fraction of sp³-hybridized carbons (Fsp3) is 0.385. The van der Waals surface area contributed by atoms with Crippen molar-refractivity contribution >= 4 is 17.5 Å². The topological polar surface area (TPSA) is 67.4 Å². The summed E-state index contributed by atoms with van der Waals surface area (Å²) in [4.78, 5) is 22.2. The zero-order valence-corrected chi connectivity index (χ0v) is 10.9. The third kappa shape index (κ3) is 4.08. The van der Waals surface area contributed by atoms with E-state index in [1.165, 1.54) is 6.92 Å². The number of methoxy groups -OCH3 is 1. The molecule has 1 aromatic rings. The van der Waals surface area contributed by atoms with E-state index in [0.717, 1.165) is 5.56 Å². The highest BCUT2D eigenvalue weighted by Gasteiger charge is 2.06. The molecule has 0 aromatic heterocycles. The number of ether oxygens (including phenoxy) is 1. The van der Waals surface area contributed by atoms with Crippen LogP contribution in [0, 0.1) is 0 Å². The van der Waals surface area contributed by atoms with Gasteiger partial charge in [-0.05, 0) is 17.7 Å². The van der Waals surface area contributed by atoms with E-state index in [4.69, 9.17) is 4.74 Å². The predicted molar refractivity (Wildman–Crippen MR) is 69.4 cm³/mol. The van der Waals surface area contributed by atoms with Crippen molar-refractivity contribution in [3.8, 4) is 5.75 Å². The molecule has 0 aliphatic heterocycles. The highest BCUT2D eigenvalue weighted by molar-refractivity contribution is 5.90. The van der Waals surface area contributed by atoms with Gasteiger partial charge >= 0.3 is 0 Å². The maximum atomic E-state index is 11.2. The second kappa shape index (κ2) is 6.64. The summed E-state index contributed by atoms with van der Waals surface area (Å²) in [7, 11) is 1.54. The lowest BCUT2D eigenvalue weighted by molar-refractivity contribution is -0.121. The van der Waals surface area contributed by atoms with Crippen LogP contribution in [0.4, 0.5) is 5.69 Å². The average molecular weight is 250 g/mol. The number of benzene rings is 1. The summed E-state index contributed by atoms with van der Waals surface area (Å²) in [5.74, 6) is 0.422. The summed E-state index contributed by atoms with van der Waals surface area (Å²) in [6.45, 7) is 3.67. The Morgan fingerprint density at radius 2 is 2.06 bits per heavy atom. The van der Waals surface area contributed by atoms with Crippen molar-refractivity contribution in [2.24, 2.45) is 0 Å². The van der Waals surface area contributed by atoms with E-state index < -0.39 is 0 Å². The number of anilines is 1. The largest absolute Gasteiger partial charge is 0.495 e. The van der Waals surface area contributed by atoms with Gasteiger partial charge in [0.1, 0.15) is 5.75 Å². The Balaban J connectivity index is 2.81. The van der Waals surface area contributed by atoms with E-state index in [-0.39, 0.29) is 11.8 Å². The van der Waals surface area contributed by atoms with E-state index in [1.54, 1.807) is 26.2 Å². The minimum atomic E-state index is -0.164. The van der Waals surface area contributed by atoms with E-state index in [9.17, 15) is 9.59 Å². The first-order valence-electron chi connectivity index (χ1n) is 5.78. The molecule has 0 radical (unpaired) electrons. The summed E-state index contributed by atoms with van der Waals surface area (Å²) in [6.07, 6.45) is 0.453. The fourth-order valence-corrected chi connectivity index (χ4v) is 1.48. The Kier molecular flexibility index (Phi) is 5.17. The predicted octanol–water partition coefficient (Wildman–Crippen LogP) is 1.68. The molecule has 0 aliphatic rings. The van der Waals surface area contributed by atoms with Gasteiger partial charge in [-0.25, -0.2) is 0 Å². The van der Waals surface area contributed by atoms with Crippen LogP contribution in [0.25, 0.3) is 0 Å². The molecule has 1 aromatic carbocycles. The number of amides is 2. The van der Waals surface area contributed by atoms with Crippen molar-refractivity contribution in [3.05, 3.63) is 23.8 Å². The van der Waals surface area contributed by atoms with Crippen molar-refractivity contribution < 1.29 is 14.3 Å². The van der Waals surface area contributed by atoms with Gasteiger partial charge in [0.05, 0.1) is 12.8 Å². The Morgan fingerprint density at radius 3 is 2.61 bits per heavy atom. The van der Waals surface area contributed by atoms with Gasteiger partial charge in [-0.1, -0.05) is 13.0 Å². The molecule has 18 heavy (non-hydrogen) atoms. The molecule has 0 aliphatic carbocycles. The summed E-state index contributed by atoms with van der Waals surface area (Å²) >= 11 is 0. The Hall–Kier alpha value is -2.04. The molecule has 5 nitrogen and oxygen atoms in total. The molecule has 1 rings (SSSR count). The van der Waals surface area contributed by atoms with Gasteiger partial charge in [-0.3, -0.25) is 9.59 Å². The van der Waals surface area contributed by atoms with Crippen molar-refractivity contribution in [1.29, 1.82) is 0 Å². The Labute approximate surface area is 107 Å². The number of hydrogen-bond acceptors (Lipinski definition) is 3. The molecular weight excluding hydrogens is 232 g/mol. The van der Waals surface area contributed by atoms with Gasteiger partial charge in [-0.2, -0.15) is 0 Å². The summed E-state index contributed by atoms with van der Waals surface area (Å²) in [5, 5.41) is 5.46. The molecule has 98 valence electrons. The number of nitrogens with one attached hydrogen (secondary N) is 2. The number of carbonyl (C=O) groups excluding carboxylic acids is 2. The second-order valence-electron chi connectivity index (χ2n) is 3.85. The highest BCUT2D eigenvalue weighted by atomic mass is 16.5. The molecule has 5 heteroatoms. The number of rotatable bonds is 5. The van der Waals surface area contributed by atoms with Crippen molar-refractivity contribution in [2.75, 3.05) is 12.4 Å². The van der Waals surface area contributed by atoms with Crippen LogP contribution in [0.3, 0.4) is 0 Å². The third-order valence-electron chi connectivity index (χ3n) is 2.39. The molecule has 0 atom stereocenters. The number of carbonyl (C=O) groups is 2. The fourth-order valence-electron chi connectivity index (χ4n) is 1.48. The van der Waals surface area contributed by atoms with Crippen LogP contribution in [0.5, 0.6) is 5.75 Å². The Morgan fingerprint density at radius 1 is 1.33 bits per heavy atom. The van der Waals surface area contributed by atoms with Crippen LogP contribution in [0.2, 0.25) is 0 Å². The maximum absolute atomic E-state index is 11.2. The van der Waals surface area contributed by atoms with E-state index >= 15 is 0 Å². The molecule has 2 N–H and O–H groups in total. The Bertz CT molecular complexity index is 444. The molecule has 2 amide bonds. The summed E-state index contributed by atoms with van der Waals surface area (Å²) < 4.78 is 5.15. The van der Waals surface area contributed by atoms with Gasteiger partial charge in [0, 0.05) is 19.9 Å². The first-order valence-corrected chi connectivity index (χ1v) is 5.78. The smallest absolute Gasteiger partial charge is 0.221 e.